The molecule has 1 aromatic heterocycles. The third kappa shape index (κ3) is 6.45. The Kier molecular flexibility index (Phi) is 9.01. The number of anilines is 3. The van der Waals surface area contributed by atoms with Gasteiger partial charge in [0.15, 0.2) is 0 Å². The van der Waals surface area contributed by atoms with E-state index >= 15 is 0 Å². The molecule has 0 N–H and O–H groups in total. The quantitative estimate of drug-likeness (QED) is 0.150. The van der Waals surface area contributed by atoms with Gasteiger partial charge in [-0.15, -0.1) is 0 Å². The van der Waals surface area contributed by atoms with Gasteiger partial charge in [-0.2, -0.15) is 0 Å². The van der Waals surface area contributed by atoms with Crippen molar-refractivity contribution in [3.63, 3.8) is 0 Å². The van der Waals surface area contributed by atoms with Crippen LogP contribution in [-0.2, 0) is 0 Å². The number of nitrogens with zero attached hydrogens (tertiary/aromatic N) is 2. The second kappa shape index (κ2) is 14.9. The Morgan fingerprint density at radius 1 is 0.310 bits per heavy atom. The maximum atomic E-state index is 2.37. The van der Waals surface area contributed by atoms with Gasteiger partial charge in [-0.3, -0.25) is 0 Å². The molecule has 276 valence electrons. The van der Waals surface area contributed by atoms with Crippen molar-refractivity contribution in [3.05, 3.63) is 230 Å². The van der Waals surface area contributed by atoms with Crippen LogP contribution in [0.1, 0.15) is 11.1 Å². The second-order valence-corrected chi connectivity index (χ2v) is 15.1. The molecule has 10 rings (SSSR count). The smallest absolute Gasteiger partial charge is 0.0541 e. The maximum Gasteiger partial charge on any atom is 0.0541 e. The molecular weight excluding hydrogens is 701 g/mol. The molecule has 0 spiro atoms. The zero-order valence-electron chi connectivity index (χ0n) is 32.7. The third-order valence-corrected chi connectivity index (χ3v) is 11.5. The van der Waals surface area contributed by atoms with Crippen LogP contribution in [0.3, 0.4) is 0 Å². The van der Waals surface area contributed by atoms with Crippen molar-refractivity contribution in [1.29, 1.82) is 0 Å². The van der Waals surface area contributed by atoms with Crippen LogP contribution in [0.2, 0.25) is 0 Å². The lowest BCUT2D eigenvalue weighted by molar-refractivity contribution is 1.18. The first-order valence-electron chi connectivity index (χ1n) is 20.0. The molecule has 2 nitrogen and oxygen atoms in total. The molecule has 0 saturated carbocycles. The van der Waals surface area contributed by atoms with E-state index in [0.29, 0.717) is 0 Å². The second-order valence-electron chi connectivity index (χ2n) is 15.1. The van der Waals surface area contributed by atoms with Crippen molar-refractivity contribution >= 4 is 38.9 Å². The van der Waals surface area contributed by atoms with Crippen LogP contribution in [0.25, 0.3) is 72.0 Å². The standard InChI is InChI=1S/C56H42N2/c1-39-36-45(46-27-35-56-54(38-46)53-20-12-13-21-55(53)58(56)47-18-10-5-11-19-47)26-33-51(39)52-34-32-50(37-40(52)2)57(48-28-22-43(23-29-48)41-14-6-3-7-15-41)49-30-24-44(25-31-49)42-16-8-4-9-17-42/h3-38H,1-2H3. The van der Waals surface area contributed by atoms with E-state index in [2.05, 4.69) is 242 Å². The molecule has 0 bridgehead atoms. The summed E-state index contributed by atoms with van der Waals surface area (Å²) >= 11 is 0. The number of hydrogen-bond acceptors (Lipinski definition) is 1. The van der Waals surface area contributed by atoms with Gasteiger partial charge in [0, 0.05) is 33.5 Å². The number of fused-ring (bicyclic) bond motifs is 3. The third-order valence-electron chi connectivity index (χ3n) is 11.5. The van der Waals surface area contributed by atoms with Crippen molar-refractivity contribution < 1.29 is 0 Å². The zero-order valence-corrected chi connectivity index (χ0v) is 32.7. The molecule has 0 aliphatic carbocycles. The molecule has 0 radical (unpaired) electrons. The number of rotatable bonds is 8. The first-order valence-corrected chi connectivity index (χ1v) is 20.0. The lowest BCUT2D eigenvalue weighted by atomic mass is 9.92. The minimum atomic E-state index is 1.11. The van der Waals surface area contributed by atoms with E-state index < -0.39 is 0 Å². The first kappa shape index (κ1) is 35.0. The van der Waals surface area contributed by atoms with Crippen LogP contribution in [0.5, 0.6) is 0 Å². The van der Waals surface area contributed by atoms with Crippen LogP contribution in [0.15, 0.2) is 218 Å². The molecule has 10 aromatic rings. The summed E-state index contributed by atoms with van der Waals surface area (Å²) in [5, 5.41) is 2.53. The number of benzene rings is 9. The maximum absolute atomic E-state index is 2.37. The SMILES string of the molecule is Cc1cc(-c2ccc3c(c2)c2ccccc2n3-c2ccccc2)ccc1-c1ccc(N(c2ccc(-c3ccccc3)cc2)c2ccc(-c3ccccc3)cc2)cc1C. The van der Waals surface area contributed by atoms with Crippen LogP contribution >= 0.6 is 0 Å². The summed E-state index contributed by atoms with van der Waals surface area (Å²) in [5.74, 6) is 0. The molecule has 0 amide bonds. The molecule has 58 heavy (non-hydrogen) atoms. The first-order chi connectivity index (χ1) is 28.6. The Hall–Kier alpha value is -7.42. The summed E-state index contributed by atoms with van der Waals surface area (Å²) in [6.45, 7) is 4.47. The number of aromatic nitrogens is 1. The predicted octanol–water partition coefficient (Wildman–Crippen LogP) is 15.5. The number of hydrogen-bond donors (Lipinski definition) is 0. The zero-order chi connectivity index (χ0) is 39.0. The Labute approximate surface area is 340 Å². The highest BCUT2D eigenvalue weighted by Gasteiger charge is 2.17. The summed E-state index contributed by atoms with van der Waals surface area (Å²) in [5.41, 5.74) is 19.2. The molecule has 0 saturated heterocycles. The fourth-order valence-electron chi connectivity index (χ4n) is 8.56. The van der Waals surface area contributed by atoms with E-state index in [1.54, 1.807) is 0 Å². The van der Waals surface area contributed by atoms with Crippen molar-refractivity contribution in [3.8, 4) is 50.2 Å². The molecule has 0 fully saturated rings. The fraction of sp³-hybridized carbons (Fsp3) is 0.0357. The highest BCUT2D eigenvalue weighted by atomic mass is 15.1. The molecule has 0 unspecified atom stereocenters. The van der Waals surface area contributed by atoms with Gasteiger partial charge in [0.1, 0.15) is 0 Å². The Balaban J connectivity index is 0.996. The normalized spacial score (nSPS) is 11.3. The molecule has 2 heteroatoms. The van der Waals surface area contributed by atoms with E-state index in [0.717, 1.165) is 17.1 Å². The topological polar surface area (TPSA) is 8.17 Å². The van der Waals surface area contributed by atoms with Crippen LogP contribution in [-0.4, -0.2) is 4.57 Å². The van der Waals surface area contributed by atoms with Gasteiger partial charge in [-0.1, -0.05) is 152 Å². The van der Waals surface area contributed by atoms with Crippen LogP contribution < -0.4 is 4.90 Å². The van der Waals surface area contributed by atoms with E-state index in [9.17, 15) is 0 Å². The Bertz CT molecular complexity index is 2950. The Morgan fingerprint density at radius 3 is 1.33 bits per heavy atom. The highest BCUT2D eigenvalue weighted by Crippen LogP contribution is 2.40. The van der Waals surface area contributed by atoms with Crippen molar-refractivity contribution in [2.45, 2.75) is 13.8 Å². The van der Waals surface area contributed by atoms with E-state index in [-0.39, 0.29) is 0 Å². The molecule has 1 heterocycles. The molecular formula is C56H42N2. The molecule has 0 atom stereocenters. The number of para-hydroxylation sites is 2. The van der Waals surface area contributed by atoms with Crippen molar-refractivity contribution in [2.24, 2.45) is 0 Å². The van der Waals surface area contributed by atoms with Gasteiger partial charge in [0.25, 0.3) is 0 Å². The van der Waals surface area contributed by atoms with Gasteiger partial charge in [0.05, 0.1) is 11.0 Å². The monoisotopic (exact) mass is 742 g/mol. The fourth-order valence-corrected chi connectivity index (χ4v) is 8.56. The summed E-state index contributed by atoms with van der Waals surface area (Å²) in [6.07, 6.45) is 0. The van der Waals surface area contributed by atoms with E-state index in [4.69, 9.17) is 0 Å². The van der Waals surface area contributed by atoms with Gasteiger partial charge < -0.3 is 9.47 Å². The lowest BCUT2D eigenvalue weighted by Gasteiger charge is -2.27. The number of aryl methyl sites for hydroxylation is 2. The summed E-state index contributed by atoms with van der Waals surface area (Å²) in [6, 6.07) is 79.1. The summed E-state index contributed by atoms with van der Waals surface area (Å²) in [7, 11) is 0. The van der Waals surface area contributed by atoms with Crippen molar-refractivity contribution in [1.82, 2.24) is 4.57 Å². The highest BCUT2D eigenvalue weighted by molar-refractivity contribution is 6.10. The van der Waals surface area contributed by atoms with Crippen LogP contribution in [0, 0.1) is 13.8 Å². The summed E-state index contributed by atoms with van der Waals surface area (Å²) < 4.78 is 2.37. The molecule has 0 aliphatic heterocycles. The minimum Gasteiger partial charge on any atom is -0.310 e. The van der Waals surface area contributed by atoms with Gasteiger partial charge in [-0.25, -0.2) is 0 Å². The lowest BCUT2D eigenvalue weighted by Crippen LogP contribution is -2.10. The van der Waals surface area contributed by atoms with Gasteiger partial charge >= 0.3 is 0 Å². The minimum absolute atomic E-state index is 1.11. The average Bonchev–Trinajstić information content (AvgIpc) is 3.62. The van der Waals surface area contributed by atoms with Crippen molar-refractivity contribution in [2.75, 3.05) is 4.90 Å². The van der Waals surface area contributed by atoms with E-state index in [1.165, 1.54) is 83.1 Å². The van der Waals surface area contributed by atoms with Gasteiger partial charge in [0.2, 0.25) is 0 Å². The van der Waals surface area contributed by atoms with Crippen LogP contribution in [0.4, 0.5) is 17.1 Å². The van der Waals surface area contributed by atoms with Gasteiger partial charge in [-0.05, 0) is 136 Å². The molecule has 0 aliphatic rings. The predicted molar refractivity (Wildman–Crippen MR) is 247 cm³/mol. The average molecular weight is 743 g/mol. The summed E-state index contributed by atoms with van der Waals surface area (Å²) in [4.78, 5) is 2.36. The largest absolute Gasteiger partial charge is 0.310 e. The van der Waals surface area contributed by atoms with E-state index in [1.807, 2.05) is 0 Å². The Morgan fingerprint density at radius 2 is 0.741 bits per heavy atom. The molecule has 9 aromatic carbocycles.